The average molecular weight is 400 g/mol. The maximum atomic E-state index is 12.6. The van der Waals surface area contributed by atoms with Gasteiger partial charge in [0, 0.05) is 37.2 Å². The van der Waals surface area contributed by atoms with Gasteiger partial charge in [-0.15, -0.1) is 0 Å². The van der Waals surface area contributed by atoms with Gasteiger partial charge in [-0.25, -0.2) is 8.42 Å². The largest absolute Gasteiger partial charge is 0.340 e. The SMILES string of the molecule is O=C(CS(=O)(=O)c1ccc(Cl)cc1)N1CCCC(N2CCNCC2=O)C1. The first-order valence-electron chi connectivity index (χ1n) is 8.63. The Bertz CT molecular complexity index is 782. The van der Waals surface area contributed by atoms with E-state index in [1.807, 2.05) is 4.90 Å². The number of halogens is 1. The summed E-state index contributed by atoms with van der Waals surface area (Å²) in [5.41, 5.74) is 0. The van der Waals surface area contributed by atoms with Crippen LogP contribution in [0.5, 0.6) is 0 Å². The zero-order valence-corrected chi connectivity index (χ0v) is 15.9. The van der Waals surface area contributed by atoms with Crippen LogP contribution in [0.1, 0.15) is 12.8 Å². The fourth-order valence-corrected chi connectivity index (χ4v) is 4.77. The Morgan fingerprint density at radius 3 is 2.65 bits per heavy atom. The lowest BCUT2D eigenvalue weighted by Crippen LogP contribution is -2.57. The van der Waals surface area contributed by atoms with Crippen LogP contribution in [0.15, 0.2) is 29.2 Å². The Hall–Kier alpha value is -1.64. The summed E-state index contributed by atoms with van der Waals surface area (Å²) in [5, 5.41) is 3.47. The maximum absolute atomic E-state index is 12.6. The van der Waals surface area contributed by atoms with Gasteiger partial charge in [-0.05, 0) is 37.1 Å². The number of piperazine rings is 1. The molecular formula is C17H22ClN3O4S. The highest BCUT2D eigenvalue weighted by Gasteiger charge is 2.33. The van der Waals surface area contributed by atoms with E-state index in [0.29, 0.717) is 31.2 Å². The molecule has 7 nitrogen and oxygen atoms in total. The third-order valence-electron chi connectivity index (χ3n) is 4.80. The van der Waals surface area contributed by atoms with Crippen LogP contribution in [-0.4, -0.2) is 74.6 Å². The van der Waals surface area contributed by atoms with Gasteiger partial charge < -0.3 is 15.1 Å². The number of sulfone groups is 1. The summed E-state index contributed by atoms with van der Waals surface area (Å²) in [5.74, 6) is -0.965. The Balaban J connectivity index is 1.65. The molecule has 2 saturated heterocycles. The fourth-order valence-electron chi connectivity index (χ4n) is 3.42. The first kappa shape index (κ1) is 19.1. The first-order valence-corrected chi connectivity index (χ1v) is 10.7. The van der Waals surface area contributed by atoms with E-state index < -0.39 is 21.5 Å². The molecule has 26 heavy (non-hydrogen) atoms. The number of carbonyl (C=O) groups is 2. The van der Waals surface area contributed by atoms with Gasteiger partial charge in [-0.1, -0.05) is 11.6 Å². The number of likely N-dealkylation sites (tertiary alicyclic amines) is 1. The van der Waals surface area contributed by atoms with Crippen LogP contribution in [0.4, 0.5) is 0 Å². The van der Waals surface area contributed by atoms with Gasteiger partial charge in [0.05, 0.1) is 11.4 Å². The molecule has 1 unspecified atom stereocenters. The van der Waals surface area contributed by atoms with E-state index in [1.165, 1.54) is 24.3 Å². The fraction of sp³-hybridized carbons (Fsp3) is 0.529. The third kappa shape index (κ3) is 4.36. The molecule has 0 saturated carbocycles. The first-order chi connectivity index (χ1) is 12.4. The molecule has 0 aromatic heterocycles. The maximum Gasteiger partial charge on any atom is 0.238 e. The van der Waals surface area contributed by atoms with Crippen LogP contribution in [0.3, 0.4) is 0 Å². The number of hydrogen-bond donors (Lipinski definition) is 1. The predicted octanol–water partition coefficient (Wildman–Crippen LogP) is 0.537. The number of carbonyl (C=O) groups excluding carboxylic acids is 2. The zero-order valence-electron chi connectivity index (χ0n) is 14.4. The van der Waals surface area contributed by atoms with Crippen LogP contribution in [-0.2, 0) is 19.4 Å². The quantitative estimate of drug-likeness (QED) is 0.798. The molecule has 2 amide bonds. The minimum absolute atomic E-state index is 0.0318. The summed E-state index contributed by atoms with van der Waals surface area (Å²) in [4.78, 5) is 28.1. The Labute approximate surface area is 158 Å². The summed E-state index contributed by atoms with van der Waals surface area (Å²) < 4.78 is 24.9. The van der Waals surface area contributed by atoms with E-state index >= 15 is 0 Å². The van der Waals surface area contributed by atoms with Crippen LogP contribution in [0.2, 0.25) is 5.02 Å². The van der Waals surface area contributed by atoms with Gasteiger partial charge in [0.1, 0.15) is 5.75 Å². The highest BCUT2D eigenvalue weighted by molar-refractivity contribution is 7.92. The molecule has 1 aromatic carbocycles. The molecule has 3 rings (SSSR count). The van der Waals surface area contributed by atoms with Crippen LogP contribution >= 0.6 is 11.6 Å². The lowest BCUT2D eigenvalue weighted by Gasteiger charge is -2.41. The summed E-state index contributed by atoms with van der Waals surface area (Å²) in [7, 11) is -3.72. The van der Waals surface area contributed by atoms with Crippen molar-refractivity contribution in [1.29, 1.82) is 0 Å². The number of rotatable bonds is 4. The Morgan fingerprint density at radius 2 is 1.96 bits per heavy atom. The molecule has 2 fully saturated rings. The zero-order chi connectivity index (χ0) is 18.7. The minimum Gasteiger partial charge on any atom is -0.340 e. The third-order valence-corrected chi connectivity index (χ3v) is 6.67. The average Bonchev–Trinajstić information content (AvgIpc) is 2.62. The summed E-state index contributed by atoms with van der Waals surface area (Å²) >= 11 is 5.78. The van der Waals surface area contributed by atoms with Crippen molar-refractivity contribution in [2.24, 2.45) is 0 Å². The molecular weight excluding hydrogens is 378 g/mol. The predicted molar refractivity (Wildman–Crippen MR) is 97.7 cm³/mol. The van der Waals surface area contributed by atoms with Gasteiger partial charge in [-0.3, -0.25) is 9.59 Å². The lowest BCUT2D eigenvalue weighted by molar-refractivity contribution is -0.139. The Morgan fingerprint density at radius 1 is 1.23 bits per heavy atom. The normalized spacial score (nSPS) is 21.7. The molecule has 142 valence electrons. The van der Waals surface area contributed by atoms with E-state index in [9.17, 15) is 18.0 Å². The monoisotopic (exact) mass is 399 g/mol. The molecule has 2 heterocycles. The van der Waals surface area contributed by atoms with E-state index in [2.05, 4.69) is 5.32 Å². The Kier molecular flexibility index (Phi) is 5.84. The summed E-state index contributed by atoms with van der Waals surface area (Å²) in [6.07, 6.45) is 1.59. The molecule has 2 aliphatic rings. The summed E-state index contributed by atoms with van der Waals surface area (Å²) in [6, 6.07) is 5.75. The molecule has 0 radical (unpaired) electrons. The second kappa shape index (κ2) is 7.94. The van der Waals surface area contributed by atoms with Crippen molar-refractivity contribution in [3.05, 3.63) is 29.3 Å². The van der Waals surface area contributed by atoms with Crippen molar-refractivity contribution in [3.8, 4) is 0 Å². The van der Waals surface area contributed by atoms with E-state index in [4.69, 9.17) is 11.6 Å². The number of benzene rings is 1. The summed E-state index contributed by atoms with van der Waals surface area (Å²) in [6.45, 7) is 2.58. The smallest absolute Gasteiger partial charge is 0.238 e. The van der Waals surface area contributed by atoms with Crippen LogP contribution in [0, 0.1) is 0 Å². The van der Waals surface area contributed by atoms with Gasteiger partial charge in [0.2, 0.25) is 11.8 Å². The van der Waals surface area contributed by atoms with Crippen LogP contribution in [0.25, 0.3) is 0 Å². The molecule has 1 N–H and O–H groups in total. The topological polar surface area (TPSA) is 86.8 Å². The molecule has 2 aliphatic heterocycles. The standard InChI is InChI=1S/C17H22ClN3O4S/c18-13-3-5-15(6-4-13)26(24,25)12-17(23)20-8-1-2-14(11-20)21-9-7-19-10-16(21)22/h3-6,14,19H,1-2,7-12H2. The molecule has 0 aliphatic carbocycles. The molecule has 1 atom stereocenters. The highest BCUT2D eigenvalue weighted by Crippen LogP contribution is 2.19. The van der Waals surface area contributed by atoms with E-state index in [-0.39, 0.29) is 16.8 Å². The van der Waals surface area contributed by atoms with Crippen molar-refractivity contribution in [2.75, 3.05) is 38.5 Å². The molecule has 0 bridgehead atoms. The number of piperidine rings is 1. The highest BCUT2D eigenvalue weighted by atomic mass is 35.5. The second-order valence-electron chi connectivity index (χ2n) is 6.61. The lowest BCUT2D eigenvalue weighted by atomic mass is 10.0. The van der Waals surface area contributed by atoms with Crippen molar-refractivity contribution in [2.45, 2.75) is 23.8 Å². The second-order valence-corrected chi connectivity index (χ2v) is 9.04. The van der Waals surface area contributed by atoms with Crippen molar-refractivity contribution in [3.63, 3.8) is 0 Å². The van der Waals surface area contributed by atoms with Gasteiger partial charge in [-0.2, -0.15) is 0 Å². The molecule has 1 aromatic rings. The van der Waals surface area contributed by atoms with Gasteiger partial charge in [0.25, 0.3) is 0 Å². The van der Waals surface area contributed by atoms with Gasteiger partial charge >= 0.3 is 0 Å². The molecule has 0 spiro atoms. The van der Waals surface area contributed by atoms with Crippen molar-refractivity contribution >= 4 is 33.3 Å². The van der Waals surface area contributed by atoms with Crippen molar-refractivity contribution < 1.29 is 18.0 Å². The number of amides is 2. The van der Waals surface area contributed by atoms with E-state index in [1.54, 1.807) is 4.90 Å². The number of hydrogen-bond acceptors (Lipinski definition) is 5. The number of nitrogens with zero attached hydrogens (tertiary/aromatic N) is 2. The number of nitrogens with one attached hydrogen (secondary N) is 1. The minimum atomic E-state index is -3.72. The van der Waals surface area contributed by atoms with Crippen molar-refractivity contribution in [1.82, 2.24) is 15.1 Å². The molecule has 9 heteroatoms. The van der Waals surface area contributed by atoms with Gasteiger partial charge in [0.15, 0.2) is 9.84 Å². The van der Waals surface area contributed by atoms with E-state index in [0.717, 1.165) is 19.4 Å². The van der Waals surface area contributed by atoms with Crippen LogP contribution < -0.4 is 5.32 Å².